The first kappa shape index (κ1) is 20.1. The number of aromatic nitrogens is 1. The number of nitrogens with one attached hydrogen (secondary N) is 1. The number of piperidine rings is 1. The van der Waals surface area contributed by atoms with Crippen molar-refractivity contribution in [2.75, 3.05) is 19.6 Å². The zero-order valence-electron chi connectivity index (χ0n) is 17.0. The Labute approximate surface area is 172 Å². The van der Waals surface area contributed by atoms with Crippen LogP contribution in [0.25, 0.3) is 0 Å². The third-order valence-electron chi connectivity index (χ3n) is 6.44. The van der Waals surface area contributed by atoms with Gasteiger partial charge in [-0.3, -0.25) is 9.69 Å². The van der Waals surface area contributed by atoms with Gasteiger partial charge in [0.05, 0.1) is 12.6 Å². The van der Waals surface area contributed by atoms with Crippen molar-refractivity contribution in [3.63, 3.8) is 0 Å². The number of rotatable bonds is 6. The molecule has 2 heterocycles. The summed E-state index contributed by atoms with van der Waals surface area (Å²) in [7, 11) is 0. The maximum Gasteiger partial charge on any atom is 0.273 e. The van der Waals surface area contributed by atoms with Crippen LogP contribution in [0.2, 0.25) is 0 Å². The molecule has 1 amide bonds. The highest BCUT2D eigenvalue weighted by atomic mass is 16.5. The number of aliphatic hydroxyl groups is 1. The fourth-order valence-corrected chi connectivity index (χ4v) is 4.82. The van der Waals surface area contributed by atoms with Crippen molar-refractivity contribution >= 4 is 5.91 Å². The predicted molar refractivity (Wildman–Crippen MR) is 111 cm³/mol. The molecule has 0 spiro atoms. The average molecular weight is 398 g/mol. The Morgan fingerprint density at radius 2 is 2.00 bits per heavy atom. The summed E-state index contributed by atoms with van der Waals surface area (Å²) in [6.45, 7) is 2.77. The molecular weight excluding hydrogens is 366 g/mol. The number of carbonyl (C=O) groups is 1. The van der Waals surface area contributed by atoms with E-state index in [4.69, 9.17) is 4.52 Å². The van der Waals surface area contributed by atoms with E-state index in [1.54, 1.807) is 6.07 Å². The van der Waals surface area contributed by atoms with Crippen LogP contribution in [0.5, 0.6) is 0 Å². The number of aliphatic hydroxyl groups excluding tert-OH is 1. The largest absolute Gasteiger partial charge is 0.392 e. The van der Waals surface area contributed by atoms with Crippen LogP contribution < -0.4 is 5.32 Å². The lowest BCUT2D eigenvalue weighted by molar-refractivity contribution is 0.0622. The van der Waals surface area contributed by atoms with Gasteiger partial charge in [0.2, 0.25) is 0 Å². The van der Waals surface area contributed by atoms with Crippen molar-refractivity contribution in [3.8, 4) is 0 Å². The molecule has 156 valence electrons. The van der Waals surface area contributed by atoms with Crippen molar-refractivity contribution in [2.45, 2.75) is 63.0 Å². The first-order chi connectivity index (χ1) is 14.1. The fourth-order valence-electron chi connectivity index (χ4n) is 4.82. The summed E-state index contributed by atoms with van der Waals surface area (Å²) in [6, 6.07) is 12.3. The summed E-state index contributed by atoms with van der Waals surface area (Å²) in [6.07, 6.45) is 7.39. The summed E-state index contributed by atoms with van der Waals surface area (Å²) in [5, 5.41) is 16.9. The van der Waals surface area contributed by atoms with Crippen LogP contribution in [0.1, 0.15) is 66.8 Å². The molecule has 2 aromatic rings. The lowest BCUT2D eigenvalue weighted by Gasteiger charge is -2.38. The molecule has 0 radical (unpaired) electrons. The fraction of sp³-hybridized carbons (Fsp3) is 0.565. The number of benzene rings is 1. The molecule has 1 aromatic heterocycles. The Kier molecular flexibility index (Phi) is 6.31. The minimum Gasteiger partial charge on any atom is -0.392 e. The van der Waals surface area contributed by atoms with Crippen LogP contribution in [0.4, 0.5) is 0 Å². The third kappa shape index (κ3) is 4.87. The van der Waals surface area contributed by atoms with E-state index in [-0.39, 0.29) is 17.4 Å². The lowest BCUT2D eigenvalue weighted by Crippen LogP contribution is -2.42. The van der Waals surface area contributed by atoms with Crippen molar-refractivity contribution < 1.29 is 14.4 Å². The van der Waals surface area contributed by atoms with Gasteiger partial charge in [-0.1, -0.05) is 54.8 Å². The van der Waals surface area contributed by atoms with Gasteiger partial charge in [0, 0.05) is 24.6 Å². The number of β-amino-alcohol motifs (C(OH)–C–C–N with tert-alkyl or cyclic N) is 1. The van der Waals surface area contributed by atoms with E-state index >= 15 is 0 Å². The van der Waals surface area contributed by atoms with Gasteiger partial charge >= 0.3 is 0 Å². The van der Waals surface area contributed by atoms with E-state index in [1.165, 1.54) is 24.8 Å². The quantitative estimate of drug-likeness (QED) is 0.782. The van der Waals surface area contributed by atoms with Gasteiger partial charge in [-0.05, 0) is 37.8 Å². The van der Waals surface area contributed by atoms with E-state index in [1.807, 2.05) is 6.07 Å². The molecular formula is C23H31N3O3. The molecule has 1 aliphatic heterocycles. The van der Waals surface area contributed by atoms with Crippen molar-refractivity contribution in [2.24, 2.45) is 0 Å². The first-order valence-corrected chi connectivity index (χ1v) is 10.8. The molecule has 1 aliphatic carbocycles. The summed E-state index contributed by atoms with van der Waals surface area (Å²) >= 11 is 0. The van der Waals surface area contributed by atoms with Gasteiger partial charge in [-0.2, -0.15) is 0 Å². The third-order valence-corrected chi connectivity index (χ3v) is 6.44. The first-order valence-electron chi connectivity index (χ1n) is 10.8. The highest BCUT2D eigenvalue weighted by Crippen LogP contribution is 2.38. The van der Waals surface area contributed by atoms with E-state index < -0.39 is 0 Å². The molecule has 6 heteroatoms. The van der Waals surface area contributed by atoms with Crippen LogP contribution in [0.3, 0.4) is 0 Å². The van der Waals surface area contributed by atoms with Gasteiger partial charge in [0.1, 0.15) is 0 Å². The van der Waals surface area contributed by atoms with Gasteiger partial charge in [0.15, 0.2) is 11.5 Å². The molecule has 2 fully saturated rings. The van der Waals surface area contributed by atoms with Crippen LogP contribution in [0.15, 0.2) is 40.9 Å². The minimum atomic E-state index is -0.279. The normalized spacial score (nSPS) is 22.3. The monoisotopic (exact) mass is 397 g/mol. The maximum absolute atomic E-state index is 12.7. The smallest absolute Gasteiger partial charge is 0.273 e. The molecule has 4 rings (SSSR count). The van der Waals surface area contributed by atoms with E-state index in [2.05, 4.69) is 39.6 Å². The molecule has 1 atom stereocenters. The molecule has 0 unspecified atom stereocenters. The topological polar surface area (TPSA) is 78.6 Å². The van der Waals surface area contributed by atoms with Gasteiger partial charge < -0.3 is 14.9 Å². The van der Waals surface area contributed by atoms with Crippen LogP contribution in [-0.2, 0) is 12.0 Å². The molecule has 29 heavy (non-hydrogen) atoms. The second-order valence-corrected chi connectivity index (χ2v) is 8.60. The van der Waals surface area contributed by atoms with E-state index in [9.17, 15) is 9.90 Å². The molecule has 1 aromatic carbocycles. The molecule has 1 saturated heterocycles. The number of hydrogen-bond donors (Lipinski definition) is 2. The van der Waals surface area contributed by atoms with Crippen molar-refractivity contribution in [3.05, 3.63) is 53.4 Å². The molecule has 2 aliphatic rings. The molecule has 2 N–H and O–H groups in total. The number of hydrogen-bond acceptors (Lipinski definition) is 5. The van der Waals surface area contributed by atoms with Gasteiger partial charge in [-0.25, -0.2) is 0 Å². The van der Waals surface area contributed by atoms with E-state index in [0.29, 0.717) is 31.1 Å². The maximum atomic E-state index is 12.7. The van der Waals surface area contributed by atoms with Crippen LogP contribution in [0, 0.1) is 0 Å². The minimum absolute atomic E-state index is 0.00563. The highest BCUT2D eigenvalue weighted by molar-refractivity contribution is 5.92. The zero-order chi connectivity index (χ0) is 20.1. The Hall–Kier alpha value is -2.18. The number of amides is 1. The summed E-state index contributed by atoms with van der Waals surface area (Å²) in [5.74, 6) is 0.485. The Bertz CT molecular complexity index is 799. The van der Waals surface area contributed by atoms with Crippen LogP contribution in [-0.4, -0.2) is 46.8 Å². The summed E-state index contributed by atoms with van der Waals surface area (Å²) in [4.78, 5) is 14.9. The number of carbonyl (C=O) groups excluding carboxylic acids is 1. The van der Waals surface area contributed by atoms with Crippen LogP contribution >= 0.6 is 0 Å². The molecule has 6 nitrogen and oxygen atoms in total. The summed E-state index contributed by atoms with van der Waals surface area (Å²) < 4.78 is 5.39. The van der Waals surface area contributed by atoms with Crippen molar-refractivity contribution in [1.82, 2.24) is 15.4 Å². The highest BCUT2D eigenvalue weighted by Gasteiger charge is 2.34. The number of nitrogens with zero attached hydrogens (tertiary/aromatic N) is 2. The zero-order valence-corrected chi connectivity index (χ0v) is 17.0. The van der Waals surface area contributed by atoms with E-state index in [0.717, 1.165) is 32.2 Å². The van der Waals surface area contributed by atoms with Gasteiger partial charge in [0.25, 0.3) is 5.91 Å². The average Bonchev–Trinajstić information content (AvgIpc) is 3.22. The molecule has 0 bridgehead atoms. The second-order valence-electron chi connectivity index (χ2n) is 8.60. The SMILES string of the molecule is O=C(NCC1(c2ccccc2)CCCCC1)c1cc(CN2CCC[C@@H](O)C2)on1. The Morgan fingerprint density at radius 3 is 2.76 bits per heavy atom. The second kappa shape index (κ2) is 9.09. The lowest BCUT2D eigenvalue weighted by atomic mass is 9.69. The predicted octanol–water partition coefficient (Wildman–Crippen LogP) is 3.26. The standard InChI is InChI=1S/C23H31N3O3/c27-19-10-7-13-26(15-19)16-20-14-21(25-29-20)22(28)24-17-23(11-5-2-6-12-23)18-8-3-1-4-9-18/h1,3-4,8-9,14,19,27H,2,5-7,10-13,15-17H2,(H,24,28)/t19-/m1/s1. The van der Waals surface area contributed by atoms with Crippen molar-refractivity contribution in [1.29, 1.82) is 0 Å². The summed E-state index contributed by atoms with van der Waals surface area (Å²) in [5.41, 5.74) is 1.65. The number of likely N-dealkylation sites (tertiary alicyclic amines) is 1. The Balaban J connectivity index is 1.38. The van der Waals surface area contributed by atoms with Gasteiger partial charge in [-0.15, -0.1) is 0 Å². The Morgan fingerprint density at radius 1 is 1.21 bits per heavy atom. The molecule has 1 saturated carbocycles.